The summed E-state index contributed by atoms with van der Waals surface area (Å²) in [6.45, 7) is 8.85. The molecule has 1 rings (SSSR count). The lowest BCUT2D eigenvalue weighted by molar-refractivity contribution is 0.352. The van der Waals surface area contributed by atoms with Crippen molar-refractivity contribution in [3.63, 3.8) is 0 Å². The fourth-order valence-corrected chi connectivity index (χ4v) is 1.69. The van der Waals surface area contributed by atoms with Crippen LogP contribution in [0.1, 0.15) is 44.9 Å². The number of hydrogen-bond donors (Lipinski definition) is 1. The molecule has 1 aromatic rings. The van der Waals surface area contributed by atoms with Crippen LogP contribution in [0, 0.1) is 11.8 Å². The van der Waals surface area contributed by atoms with Gasteiger partial charge in [-0.2, -0.15) is 0 Å². The molecule has 0 amide bonds. The molecule has 2 unspecified atom stereocenters. The molecule has 0 saturated heterocycles. The van der Waals surface area contributed by atoms with E-state index in [0.717, 1.165) is 6.42 Å². The Bertz CT molecular complexity index is 287. The molecule has 0 heterocycles. The standard InChI is InChI=1S/C14H23N/c1-5-12-6-8-13(9-7-12)14(15)11(4)10(2)3/h6-11,14H,5,15H2,1-4H3. The fourth-order valence-electron chi connectivity index (χ4n) is 1.69. The maximum Gasteiger partial charge on any atom is 0.0323 e. The summed E-state index contributed by atoms with van der Waals surface area (Å²) >= 11 is 0. The second-order valence-corrected chi connectivity index (χ2v) is 4.72. The molecule has 2 atom stereocenters. The second kappa shape index (κ2) is 5.32. The first kappa shape index (κ1) is 12.3. The van der Waals surface area contributed by atoms with E-state index in [1.807, 2.05) is 0 Å². The lowest BCUT2D eigenvalue weighted by Gasteiger charge is -2.23. The van der Waals surface area contributed by atoms with E-state index in [1.54, 1.807) is 0 Å². The molecule has 0 saturated carbocycles. The first-order valence-corrected chi connectivity index (χ1v) is 5.90. The summed E-state index contributed by atoms with van der Waals surface area (Å²) in [5.74, 6) is 1.16. The van der Waals surface area contributed by atoms with Crippen LogP contribution in [0.25, 0.3) is 0 Å². The number of rotatable bonds is 4. The predicted octanol–water partition coefficient (Wildman–Crippen LogP) is 3.54. The van der Waals surface area contributed by atoms with E-state index in [9.17, 15) is 0 Å². The van der Waals surface area contributed by atoms with Gasteiger partial charge < -0.3 is 5.73 Å². The zero-order valence-corrected chi connectivity index (χ0v) is 10.3. The van der Waals surface area contributed by atoms with Crippen LogP contribution in [-0.2, 0) is 6.42 Å². The number of nitrogens with two attached hydrogens (primary N) is 1. The summed E-state index contributed by atoms with van der Waals surface area (Å²) in [6.07, 6.45) is 1.09. The van der Waals surface area contributed by atoms with Crippen molar-refractivity contribution in [3.05, 3.63) is 35.4 Å². The average Bonchev–Trinajstić information content (AvgIpc) is 2.27. The van der Waals surface area contributed by atoms with Crippen LogP contribution in [0.15, 0.2) is 24.3 Å². The molecule has 0 aromatic heterocycles. The Kier molecular flexibility index (Phi) is 4.34. The summed E-state index contributed by atoms with van der Waals surface area (Å²) in [7, 11) is 0. The highest BCUT2D eigenvalue weighted by atomic mass is 14.6. The van der Waals surface area contributed by atoms with E-state index in [1.165, 1.54) is 11.1 Å². The Morgan fingerprint density at radius 2 is 1.60 bits per heavy atom. The van der Waals surface area contributed by atoms with Crippen LogP contribution < -0.4 is 5.73 Å². The highest BCUT2D eigenvalue weighted by molar-refractivity contribution is 5.25. The molecule has 0 bridgehead atoms. The molecule has 0 aliphatic rings. The lowest BCUT2D eigenvalue weighted by atomic mass is 9.86. The maximum absolute atomic E-state index is 6.23. The highest BCUT2D eigenvalue weighted by Crippen LogP contribution is 2.25. The summed E-state index contributed by atoms with van der Waals surface area (Å²) in [5.41, 5.74) is 8.87. The minimum Gasteiger partial charge on any atom is -0.324 e. The number of hydrogen-bond acceptors (Lipinski definition) is 1. The zero-order chi connectivity index (χ0) is 11.4. The third-order valence-electron chi connectivity index (χ3n) is 3.39. The van der Waals surface area contributed by atoms with Crippen LogP contribution in [0.2, 0.25) is 0 Å². The topological polar surface area (TPSA) is 26.0 Å². The van der Waals surface area contributed by atoms with Gasteiger partial charge in [0.15, 0.2) is 0 Å². The van der Waals surface area contributed by atoms with Crippen LogP contribution in [0.4, 0.5) is 0 Å². The molecule has 0 radical (unpaired) electrons. The number of aryl methyl sites for hydroxylation is 1. The van der Waals surface area contributed by atoms with E-state index < -0.39 is 0 Å². The van der Waals surface area contributed by atoms with Gasteiger partial charge in [0, 0.05) is 6.04 Å². The van der Waals surface area contributed by atoms with E-state index in [4.69, 9.17) is 5.73 Å². The maximum atomic E-state index is 6.23. The molecule has 0 aliphatic carbocycles. The lowest BCUT2D eigenvalue weighted by Crippen LogP contribution is -2.23. The fraction of sp³-hybridized carbons (Fsp3) is 0.571. The monoisotopic (exact) mass is 205 g/mol. The molecule has 0 fully saturated rings. The molecule has 1 heteroatoms. The summed E-state index contributed by atoms with van der Waals surface area (Å²) in [4.78, 5) is 0. The van der Waals surface area contributed by atoms with Crippen molar-refractivity contribution in [1.82, 2.24) is 0 Å². The molecule has 15 heavy (non-hydrogen) atoms. The molecule has 1 nitrogen and oxygen atoms in total. The molecular weight excluding hydrogens is 182 g/mol. The van der Waals surface area contributed by atoms with Crippen molar-refractivity contribution in [2.45, 2.75) is 40.2 Å². The van der Waals surface area contributed by atoms with E-state index >= 15 is 0 Å². The van der Waals surface area contributed by atoms with Gasteiger partial charge in [0.05, 0.1) is 0 Å². The zero-order valence-electron chi connectivity index (χ0n) is 10.3. The Morgan fingerprint density at radius 1 is 1.07 bits per heavy atom. The minimum absolute atomic E-state index is 0.163. The molecular formula is C14H23N. The van der Waals surface area contributed by atoms with Crippen LogP contribution in [0.5, 0.6) is 0 Å². The predicted molar refractivity (Wildman–Crippen MR) is 66.8 cm³/mol. The van der Waals surface area contributed by atoms with Crippen molar-refractivity contribution in [1.29, 1.82) is 0 Å². The van der Waals surface area contributed by atoms with Crippen molar-refractivity contribution in [2.75, 3.05) is 0 Å². The normalized spacial score (nSPS) is 15.3. The van der Waals surface area contributed by atoms with Gasteiger partial charge in [-0.05, 0) is 29.4 Å². The van der Waals surface area contributed by atoms with Gasteiger partial charge in [-0.15, -0.1) is 0 Å². The average molecular weight is 205 g/mol. The molecule has 84 valence electrons. The molecule has 0 spiro atoms. The highest BCUT2D eigenvalue weighted by Gasteiger charge is 2.17. The van der Waals surface area contributed by atoms with Crippen molar-refractivity contribution in [3.8, 4) is 0 Å². The van der Waals surface area contributed by atoms with Crippen molar-refractivity contribution in [2.24, 2.45) is 17.6 Å². The third kappa shape index (κ3) is 3.07. The van der Waals surface area contributed by atoms with E-state index in [0.29, 0.717) is 11.8 Å². The Labute approximate surface area is 93.7 Å². The van der Waals surface area contributed by atoms with Gasteiger partial charge in [-0.1, -0.05) is 52.0 Å². The van der Waals surface area contributed by atoms with Gasteiger partial charge >= 0.3 is 0 Å². The third-order valence-corrected chi connectivity index (χ3v) is 3.39. The van der Waals surface area contributed by atoms with Gasteiger partial charge in [0.2, 0.25) is 0 Å². The Hall–Kier alpha value is -0.820. The molecule has 1 aromatic carbocycles. The van der Waals surface area contributed by atoms with Gasteiger partial charge in [0.1, 0.15) is 0 Å². The quantitative estimate of drug-likeness (QED) is 0.799. The molecule has 0 aliphatic heterocycles. The minimum atomic E-state index is 0.163. The first-order chi connectivity index (χ1) is 7.06. The van der Waals surface area contributed by atoms with Gasteiger partial charge in [-0.3, -0.25) is 0 Å². The van der Waals surface area contributed by atoms with Crippen molar-refractivity contribution < 1.29 is 0 Å². The Balaban J connectivity index is 2.78. The second-order valence-electron chi connectivity index (χ2n) is 4.72. The Morgan fingerprint density at radius 3 is 2.00 bits per heavy atom. The van der Waals surface area contributed by atoms with Gasteiger partial charge in [-0.25, -0.2) is 0 Å². The van der Waals surface area contributed by atoms with Crippen molar-refractivity contribution >= 4 is 0 Å². The van der Waals surface area contributed by atoms with Gasteiger partial charge in [0.25, 0.3) is 0 Å². The smallest absolute Gasteiger partial charge is 0.0323 e. The van der Waals surface area contributed by atoms with Crippen LogP contribution in [0.3, 0.4) is 0 Å². The largest absolute Gasteiger partial charge is 0.324 e. The SMILES string of the molecule is CCc1ccc(C(N)C(C)C(C)C)cc1. The molecule has 2 N–H and O–H groups in total. The van der Waals surface area contributed by atoms with E-state index in [2.05, 4.69) is 52.0 Å². The summed E-state index contributed by atoms with van der Waals surface area (Å²) in [6, 6.07) is 8.87. The number of benzene rings is 1. The summed E-state index contributed by atoms with van der Waals surface area (Å²) in [5, 5.41) is 0. The summed E-state index contributed by atoms with van der Waals surface area (Å²) < 4.78 is 0. The first-order valence-electron chi connectivity index (χ1n) is 5.90. The van der Waals surface area contributed by atoms with E-state index in [-0.39, 0.29) is 6.04 Å². The van der Waals surface area contributed by atoms with Crippen LogP contribution >= 0.6 is 0 Å². The van der Waals surface area contributed by atoms with Crippen LogP contribution in [-0.4, -0.2) is 0 Å².